The summed E-state index contributed by atoms with van der Waals surface area (Å²) in [5, 5.41) is 33.9. The van der Waals surface area contributed by atoms with Crippen molar-refractivity contribution < 1.29 is 39.3 Å². The second kappa shape index (κ2) is 13.0. The van der Waals surface area contributed by atoms with E-state index in [1.54, 1.807) is 13.8 Å². The lowest BCUT2D eigenvalue weighted by molar-refractivity contribution is -0.144. The Morgan fingerprint density at radius 3 is 1.79 bits per heavy atom. The quantitative estimate of drug-likeness (QED) is 0.141. The molecule has 0 radical (unpaired) electrons. The Morgan fingerprint density at radius 1 is 0.897 bits per heavy atom. The van der Waals surface area contributed by atoms with Gasteiger partial charge in [-0.2, -0.15) is 12.6 Å². The summed E-state index contributed by atoms with van der Waals surface area (Å²) in [5.74, 6) is -5.68. The zero-order chi connectivity index (χ0) is 22.7. The highest BCUT2D eigenvalue weighted by Crippen LogP contribution is 2.06. The molecule has 0 heterocycles. The van der Waals surface area contributed by atoms with Gasteiger partial charge in [-0.15, -0.1) is 0 Å². The van der Waals surface area contributed by atoms with Gasteiger partial charge in [0.1, 0.15) is 18.1 Å². The van der Waals surface area contributed by atoms with E-state index in [1.165, 1.54) is 0 Å². The van der Waals surface area contributed by atoms with E-state index in [9.17, 15) is 34.2 Å². The molecule has 8 N–H and O–H groups in total. The number of hydrogen-bond donors (Lipinski definition) is 8. The fourth-order valence-electron chi connectivity index (χ4n) is 2.18. The van der Waals surface area contributed by atoms with Crippen molar-refractivity contribution in [2.24, 2.45) is 11.7 Å². The molecule has 0 aliphatic rings. The highest BCUT2D eigenvalue weighted by Gasteiger charge is 2.31. The van der Waals surface area contributed by atoms with Crippen LogP contribution in [-0.2, 0) is 24.0 Å². The molecule has 13 heteroatoms. The van der Waals surface area contributed by atoms with E-state index in [0.717, 1.165) is 0 Å². The minimum absolute atomic E-state index is 0.0257. The minimum atomic E-state index is -1.63. The van der Waals surface area contributed by atoms with Gasteiger partial charge < -0.3 is 37.0 Å². The van der Waals surface area contributed by atoms with Crippen molar-refractivity contribution in [1.82, 2.24) is 16.0 Å². The Kier molecular flexibility index (Phi) is 11.9. The third-order valence-corrected chi connectivity index (χ3v) is 4.08. The molecule has 0 bridgehead atoms. The summed E-state index contributed by atoms with van der Waals surface area (Å²) in [6.45, 7) is 2.63. The van der Waals surface area contributed by atoms with E-state index in [4.69, 9.17) is 10.8 Å². The molecular weight excluding hydrogens is 408 g/mol. The molecule has 0 aromatic heterocycles. The van der Waals surface area contributed by atoms with E-state index < -0.39 is 66.9 Å². The fraction of sp³-hybridized carbons (Fsp3) is 0.688. The van der Waals surface area contributed by atoms with Crippen molar-refractivity contribution in [2.75, 3.05) is 12.4 Å². The molecule has 0 fully saturated rings. The Labute approximate surface area is 173 Å². The number of thiol groups is 1. The summed E-state index contributed by atoms with van der Waals surface area (Å²) in [6, 6.07) is -5.45. The van der Waals surface area contributed by atoms with Gasteiger partial charge in [-0.05, 0) is 12.3 Å². The summed E-state index contributed by atoms with van der Waals surface area (Å²) in [7, 11) is 0. The van der Waals surface area contributed by atoms with E-state index in [2.05, 4.69) is 28.6 Å². The molecule has 0 aliphatic heterocycles. The third kappa shape index (κ3) is 10.1. The molecule has 0 aromatic carbocycles. The first-order valence-corrected chi connectivity index (χ1v) is 9.39. The zero-order valence-electron chi connectivity index (χ0n) is 16.1. The minimum Gasteiger partial charge on any atom is -0.481 e. The molecule has 0 saturated carbocycles. The average Bonchev–Trinajstić information content (AvgIpc) is 2.62. The number of amides is 3. The molecule has 0 aromatic rings. The second-order valence-corrected chi connectivity index (χ2v) is 7.09. The molecular formula is C16H28N4O8S. The summed E-state index contributed by atoms with van der Waals surface area (Å²) in [6.07, 6.45) is -0.750. The van der Waals surface area contributed by atoms with Crippen LogP contribution in [0.15, 0.2) is 0 Å². The van der Waals surface area contributed by atoms with Crippen molar-refractivity contribution in [1.29, 1.82) is 0 Å². The number of carboxylic acids is 2. The Bertz CT molecular complexity index is 616. The zero-order valence-corrected chi connectivity index (χ0v) is 17.0. The maximum absolute atomic E-state index is 12.4. The van der Waals surface area contributed by atoms with E-state index in [1.807, 2.05) is 0 Å². The molecule has 3 amide bonds. The van der Waals surface area contributed by atoms with Crippen LogP contribution in [0.25, 0.3) is 0 Å². The first-order valence-electron chi connectivity index (χ1n) is 8.75. The molecule has 12 nitrogen and oxygen atoms in total. The number of aliphatic carboxylic acids is 2. The smallest absolute Gasteiger partial charge is 0.326 e. The van der Waals surface area contributed by atoms with Crippen LogP contribution in [0.4, 0.5) is 0 Å². The number of hydrogen-bond acceptors (Lipinski definition) is 8. The van der Waals surface area contributed by atoms with Crippen molar-refractivity contribution in [3.63, 3.8) is 0 Å². The molecule has 166 valence electrons. The summed E-state index contributed by atoms with van der Waals surface area (Å²) < 4.78 is 0. The lowest BCUT2D eigenvalue weighted by Crippen LogP contribution is -2.58. The van der Waals surface area contributed by atoms with Gasteiger partial charge in [0.15, 0.2) is 0 Å². The van der Waals surface area contributed by atoms with Gasteiger partial charge in [0.2, 0.25) is 17.7 Å². The first kappa shape index (κ1) is 26.6. The third-order valence-electron chi connectivity index (χ3n) is 3.68. The largest absolute Gasteiger partial charge is 0.481 e. The van der Waals surface area contributed by atoms with Crippen molar-refractivity contribution >= 4 is 42.3 Å². The monoisotopic (exact) mass is 436 g/mol. The number of aliphatic hydroxyl groups excluding tert-OH is 1. The van der Waals surface area contributed by atoms with Crippen molar-refractivity contribution in [3.8, 4) is 0 Å². The van der Waals surface area contributed by atoms with Gasteiger partial charge in [-0.25, -0.2) is 4.79 Å². The number of nitrogens with two attached hydrogens (primary N) is 1. The van der Waals surface area contributed by atoms with Gasteiger partial charge in [-0.3, -0.25) is 19.2 Å². The number of rotatable bonds is 13. The van der Waals surface area contributed by atoms with Crippen LogP contribution in [0, 0.1) is 5.92 Å². The van der Waals surface area contributed by atoms with Gasteiger partial charge in [0, 0.05) is 5.75 Å². The summed E-state index contributed by atoms with van der Waals surface area (Å²) >= 11 is 3.84. The van der Waals surface area contributed by atoms with Crippen LogP contribution in [0.5, 0.6) is 0 Å². The number of carboxylic acid groups (broad SMARTS) is 2. The predicted octanol–water partition coefficient (Wildman–Crippen LogP) is -2.70. The Balaban J connectivity index is 5.27. The van der Waals surface area contributed by atoms with Crippen molar-refractivity contribution in [2.45, 2.75) is 50.9 Å². The van der Waals surface area contributed by atoms with Crippen LogP contribution in [0.2, 0.25) is 0 Å². The topological polar surface area (TPSA) is 208 Å². The normalized spacial score (nSPS) is 15.0. The van der Waals surface area contributed by atoms with Crippen molar-refractivity contribution in [3.05, 3.63) is 0 Å². The van der Waals surface area contributed by atoms with Gasteiger partial charge in [-0.1, -0.05) is 13.8 Å². The molecule has 0 aliphatic carbocycles. The Morgan fingerprint density at radius 2 is 1.38 bits per heavy atom. The van der Waals surface area contributed by atoms with E-state index in [0.29, 0.717) is 0 Å². The standard InChI is InChI=1S/C16H28N4O8S/c1-7(2)3-10(16(27)28)19-14(25)9(4-12(22)23)18-15(26)11(5-21)20-13(24)8(17)6-29/h7-11,21,29H,3-6,17H2,1-2H3,(H,18,26)(H,19,25)(H,20,24)(H,22,23)(H,27,28). The molecule has 4 unspecified atom stereocenters. The van der Waals surface area contributed by atoms with Gasteiger partial charge >= 0.3 is 11.9 Å². The number of nitrogens with one attached hydrogen (secondary N) is 3. The summed E-state index contributed by atoms with van der Waals surface area (Å²) in [5.41, 5.74) is 5.46. The van der Waals surface area contributed by atoms with E-state index >= 15 is 0 Å². The van der Waals surface area contributed by atoms with Crippen LogP contribution in [0.3, 0.4) is 0 Å². The molecule has 0 saturated heterocycles. The fourth-order valence-corrected chi connectivity index (χ4v) is 2.34. The maximum Gasteiger partial charge on any atom is 0.326 e. The Hall–Kier alpha value is -2.38. The highest BCUT2D eigenvalue weighted by molar-refractivity contribution is 7.80. The lowest BCUT2D eigenvalue weighted by atomic mass is 10.0. The van der Waals surface area contributed by atoms with Crippen LogP contribution < -0.4 is 21.7 Å². The second-order valence-electron chi connectivity index (χ2n) is 6.72. The molecule has 0 spiro atoms. The molecule has 0 rings (SSSR count). The highest BCUT2D eigenvalue weighted by atomic mass is 32.1. The number of carbonyl (C=O) groups is 5. The number of carbonyl (C=O) groups excluding carboxylic acids is 3. The van der Waals surface area contributed by atoms with Crippen LogP contribution in [0.1, 0.15) is 26.7 Å². The molecule has 4 atom stereocenters. The van der Waals surface area contributed by atoms with Crippen LogP contribution >= 0.6 is 12.6 Å². The lowest BCUT2D eigenvalue weighted by Gasteiger charge is -2.24. The maximum atomic E-state index is 12.4. The van der Waals surface area contributed by atoms with Crippen LogP contribution in [-0.4, -0.2) is 81.5 Å². The van der Waals surface area contributed by atoms with Gasteiger partial charge in [0.05, 0.1) is 19.1 Å². The number of aliphatic hydroxyl groups is 1. The van der Waals surface area contributed by atoms with E-state index in [-0.39, 0.29) is 18.1 Å². The first-order chi connectivity index (χ1) is 13.4. The average molecular weight is 436 g/mol. The summed E-state index contributed by atoms with van der Waals surface area (Å²) in [4.78, 5) is 58.7. The van der Waals surface area contributed by atoms with Gasteiger partial charge in [0.25, 0.3) is 0 Å². The SMILES string of the molecule is CC(C)CC(NC(=O)C(CC(=O)O)NC(=O)C(CO)NC(=O)C(N)CS)C(=O)O. The predicted molar refractivity (Wildman–Crippen MR) is 104 cm³/mol. The molecule has 29 heavy (non-hydrogen) atoms.